The number of benzene rings is 1. The van der Waals surface area contributed by atoms with Gasteiger partial charge in [-0.3, -0.25) is 0 Å². The average Bonchev–Trinajstić information content (AvgIpc) is 2.81. The van der Waals surface area contributed by atoms with Gasteiger partial charge >= 0.3 is 0 Å². The molecule has 1 aromatic rings. The standard InChI is InChI=1S/C14H9FO2/c15-10-5-6-11-12(16)8-13(17-14(11)7-10)9-3-1-2-4-9/h1-8,16H. The van der Waals surface area contributed by atoms with Gasteiger partial charge in [-0.2, -0.15) is 0 Å². The van der Waals surface area contributed by atoms with Gasteiger partial charge in [0.15, 0.2) is 0 Å². The van der Waals surface area contributed by atoms with Crippen molar-refractivity contribution in [2.75, 3.05) is 0 Å². The third-order valence-corrected chi connectivity index (χ3v) is 2.65. The van der Waals surface area contributed by atoms with Crippen molar-refractivity contribution in [3.05, 3.63) is 71.3 Å². The van der Waals surface area contributed by atoms with E-state index in [0.29, 0.717) is 17.1 Å². The van der Waals surface area contributed by atoms with Crippen LogP contribution in [0.25, 0.3) is 5.76 Å². The molecule has 0 aromatic heterocycles. The second kappa shape index (κ2) is 3.63. The zero-order chi connectivity index (χ0) is 11.8. The molecule has 0 bridgehead atoms. The molecule has 0 spiro atoms. The number of fused-ring (bicyclic) bond motifs is 1. The van der Waals surface area contributed by atoms with Crippen LogP contribution in [0.1, 0.15) is 5.56 Å². The van der Waals surface area contributed by atoms with Gasteiger partial charge < -0.3 is 9.84 Å². The largest absolute Gasteiger partial charge is 0.507 e. The molecule has 2 aliphatic rings. The summed E-state index contributed by atoms with van der Waals surface area (Å²) in [6.45, 7) is 0. The van der Waals surface area contributed by atoms with E-state index in [1.165, 1.54) is 24.3 Å². The van der Waals surface area contributed by atoms with Crippen LogP contribution in [0, 0.1) is 5.82 Å². The monoisotopic (exact) mass is 228 g/mol. The molecule has 84 valence electrons. The predicted octanol–water partition coefficient (Wildman–Crippen LogP) is 3.50. The fraction of sp³-hybridized carbons (Fsp3) is 0. The van der Waals surface area contributed by atoms with Crippen molar-refractivity contribution in [2.45, 2.75) is 0 Å². The summed E-state index contributed by atoms with van der Waals surface area (Å²) in [7, 11) is 0. The highest BCUT2D eigenvalue weighted by Gasteiger charge is 2.18. The lowest BCUT2D eigenvalue weighted by atomic mass is 10.1. The molecule has 1 aliphatic carbocycles. The number of aliphatic hydroxyl groups is 1. The first-order valence-electron chi connectivity index (χ1n) is 5.21. The molecule has 3 heteroatoms. The molecule has 1 N–H and O–H groups in total. The molecule has 0 amide bonds. The Labute approximate surface area is 97.7 Å². The minimum absolute atomic E-state index is 0.0856. The topological polar surface area (TPSA) is 29.5 Å². The second-order valence-corrected chi connectivity index (χ2v) is 3.81. The van der Waals surface area contributed by atoms with Crippen molar-refractivity contribution in [3.8, 4) is 5.75 Å². The van der Waals surface area contributed by atoms with Crippen molar-refractivity contribution in [3.63, 3.8) is 0 Å². The van der Waals surface area contributed by atoms with Crippen LogP contribution in [0.2, 0.25) is 0 Å². The van der Waals surface area contributed by atoms with Crippen LogP contribution in [-0.2, 0) is 0 Å². The smallest absolute Gasteiger partial charge is 0.141 e. The third-order valence-electron chi connectivity index (χ3n) is 2.65. The summed E-state index contributed by atoms with van der Waals surface area (Å²) in [6, 6.07) is 4.06. The maximum absolute atomic E-state index is 13.1. The number of hydrogen-bond donors (Lipinski definition) is 1. The number of allylic oxidation sites excluding steroid dienone is 6. The Morgan fingerprint density at radius 3 is 2.65 bits per heavy atom. The Bertz CT molecular complexity index is 593. The van der Waals surface area contributed by atoms with Gasteiger partial charge in [0, 0.05) is 17.7 Å². The van der Waals surface area contributed by atoms with Gasteiger partial charge in [-0.25, -0.2) is 4.39 Å². The van der Waals surface area contributed by atoms with E-state index >= 15 is 0 Å². The molecule has 3 rings (SSSR count). The zero-order valence-corrected chi connectivity index (χ0v) is 8.85. The Balaban J connectivity index is 2.13. The molecule has 0 saturated heterocycles. The lowest BCUT2D eigenvalue weighted by molar-refractivity contribution is 0.412. The van der Waals surface area contributed by atoms with Crippen LogP contribution < -0.4 is 4.74 Å². The van der Waals surface area contributed by atoms with Gasteiger partial charge in [0.1, 0.15) is 23.1 Å². The Hall–Kier alpha value is -2.29. The van der Waals surface area contributed by atoms with Crippen molar-refractivity contribution >= 4 is 5.76 Å². The number of rotatable bonds is 0. The van der Waals surface area contributed by atoms with E-state index in [2.05, 4.69) is 0 Å². The van der Waals surface area contributed by atoms with Crippen molar-refractivity contribution in [2.24, 2.45) is 0 Å². The van der Waals surface area contributed by atoms with Crippen LogP contribution >= 0.6 is 0 Å². The molecular formula is C14H9FO2. The Kier molecular flexibility index (Phi) is 2.11. The van der Waals surface area contributed by atoms with Crippen molar-refractivity contribution < 1.29 is 14.2 Å². The number of ether oxygens (including phenoxy) is 1. The molecule has 1 heterocycles. The molecule has 0 atom stereocenters. The van der Waals surface area contributed by atoms with Crippen LogP contribution in [0.5, 0.6) is 5.75 Å². The normalized spacial score (nSPS) is 16.9. The first-order chi connectivity index (χ1) is 8.24. The molecule has 2 nitrogen and oxygen atoms in total. The van der Waals surface area contributed by atoms with Crippen LogP contribution in [0.15, 0.2) is 59.9 Å². The number of halogens is 1. The predicted molar refractivity (Wildman–Crippen MR) is 62.9 cm³/mol. The molecule has 0 saturated carbocycles. The van der Waals surface area contributed by atoms with E-state index in [4.69, 9.17) is 4.74 Å². The van der Waals surface area contributed by atoms with E-state index in [0.717, 1.165) is 5.57 Å². The summed E-state index contributed by atoms with van der Waals surface area (Å²) in [4.78, 5) is 0. The second-order valence-electron chi connectivity index (χ2n) is 3.81. The third kappa shape index (κ3) is 1.65. The fourth-order valence-electron chi connectivity index (χ4n) is 1.82. The van der Waals surface area contributed by atoms with Crippen molar-refractivity contribution in [1.29, 1.82) is 0 Å². The fourth-order valence-corrected chi connectivity index (χ4v) is 1.82. The van der Waals surface area contributed by atoms with Gasteiger partial charge in [-0.1, -0.05) is 24.3 Å². The highest BCUT2D eigenvalue weighted by Crippen LogP contribution is 2.34. The summed E-state index contributed by atoms with van der Waals surface area (Å²) < 4.78 is 18.7. The number of hydrogen-bond acceptors (Lipinski definition) is 2. The molecular weight excluding hydrogens is 219 g/mol. The average molecular weight is 228 g/mol. The summed E-state index contributed by atoms with van der Waals surface area (Å²) in [5.41, 5.74) is 1.35. The quantitative estimate of drug-likeness (QED) is 0.736. The Morgan fingerprint density at radius 1 is 1.12 bits per heavy atom. The van der Waals surface area contributed by atoms with E-state index in [-0.39, 0.29) is 11.6 Å². The van der Waals surface area contributed by atoms with Gasteiger partial charge in [0.2, 0.25) is 0 Å². The minimum Gasteiger partial charge on any atom is -0.507 e. The van der Waals surface area contributed by atoms with E-state index in [1.54, 1.807) is 0 Å². The van der Waals surface area contributed by atoms with Gasteiger partial charge in [0.25, 0.3) is 0 Å². The van der Waals surface area contributed by atoms with Gasteiger partial charge in [-0.15, -0.1) is 0 Å². The van der Waals surface area contributed by atoms with Crippen LogP contribution in [0.3, 0.4) is 0 Å². The zero-order valence-electron chi connectivity index (χ0n) is 8.85. The van der Waals surface area contributed by atoms with Crippen LogP contribution in [0.4, 0.5) is 4.39 Å². The lowest BCUT2D eigenvalue weighted by Gasteiger charge is -2.18. The summed E-state index contributed by atoms with van der Waals surface area (Å²) in [5.74, 6) is 0.551. The highest BCUT2D eigenvalue weighted by atomic mass is 19.1. The number of aliphatic hydroxyl groups excluding tert-OH is 1. The minimum atomic E-state index is -0.389. The SMILES string of the molecule is OC1=CC(=C2C=CC=C2)Oc2cc(F)ccc21. The summed E-state index contributed by atoms with van der Waals surface area (Å²) in [5, 5.41) is 9.86. The first kappa shape index (κ1) is 9.90. The lowest BCUT2D eigenvalue weighted by Crippen LogP contribution is -2.05. The van der Waals surface area contributed by atoms with Crippen molar-refractivity contribution in [1.82, 2.24) is 0 Å². The van der Waals surface area contributed by atoms with Gasteiger partial charge in [0.05, 0.1) is 5.56 Å². The van der Waals surface area contributed by atoms with Crippen LogP contribution in [-0.4, -0.2) is 5.11 Å². The summed E-state index contributed by atoms with van der Waals surface area (Å²) in [6.07, 6.45) is 9.01. The van der Waals surface area contributed by atoms with E-state index in [9.17, 15) is 9.50 Å². The summed E-state index contributed by atoms with van der Waals surface area (Å²) >= 11 is 0. The first-order valence-corrected chi connectivity index (χ1v) is 5.21. The molecule has 1 aliphatic heterocycles. The molecule has 0 fully saturated rings. The Morgan fingerprint density at radius 2 is 1.88 bits per heavy atom. The molecule has 0 unspecified atom stereocenters. The van der Waals surface area contributed by atoms with E-state index < -0.39 is 0 Å². The molecule has 17 heavy (non-hydrogen) atoms. The maximum atomic E-state index is 13.1. The highest BCUT2D eigenvalue weighted by molar-refractivity contribution is 5.70. The molecule has 1 aromatic carbocycles. The molecule has 0 radical (unpaired) electrons. The van der Waals surface area contributed by atoms with E-state index in [1.807, 2.05) is 24.3 Å². The maximum Gasteiger partial charge on any atom is 0.141 e. The van der Waals surface area contributed by atoms with Gasteiger partial charge in [-0.05, 0) is 12.1 Å².